The van der Waals surface area contributed by atoms with Gasteiger partial charge in [0, 0.05) is 24.1 Å². The van der Waals surface area contributed by atoms with Crippen molar-refractivity contribution in [2.24, 2.45) is 0 Å². The summed E-state index contributed by atoms with van der Waals surface area (Å²) in [5.41, 5.74) is 0.601. The van der Waals surface area contributed by atoms with Crippen molar-refractivity contribution in [3.8, 4) is 10.6 Å². The number of carbonyl (C=O) groups is 2. The third kappa shape index (κ3) is 4.06. The summed E-state index contributed by atoms with van der Waals surface area (Å²) in [5.74, 6) is -1.52. The van der Waals surface area contributed by atoms with Crippen LogP contribution in [-0.4, -0.2) is 32.1 Å². The van der Waals surface area contributed by atoms with Crippen LogP contribution in [0.15, 0.2) is 24.3 Å². The normalized spacial score (nSPS) is 10.2. The number of benzene rings is 1. The summed E-state index contributed by atoms with van der Waals surface area (Å²) >= 11 is 1.09. The lowest BCUT2D eigenvalue weighted by atomic mass is 10.2. The molecular formula is C12H10N4O5S. The van der Waals surface area contributed by atoms with Gasteiger partial charge in [0.15, 0.2) is 0 Å². The van der Waals surface area contributed by atoms with Crippen LogP contribution in [0.3, 0.4) is 0 Å². The average Bonchev–Trinajstić information content (AvgIpc) is 2.93. The molecule has 0 bridgehead atoms. The molecule has 1 amide bonds. The van der Waals surface area contributed by atoms with Crippen LogP contribution >= 0.6 is 11.3 Å². The van der Waals surface area contributed by atoms with Gasteiger partial charge >= 0.3 is 5.97 Å². The van der Waals surface area contributed by atoms with Gasteiger partial charge in [0.1, 0.15) is 5.01 Å². The molecule has 1 aromatic carbocycles. The Morgan fingerprint density at radius 2 is 1.91 bits per heavy atom. The minimum Gasteiger partial charge on any atom is -0.481 e. The molecule has 9 nitrogen and oxygen atoms in total. The van der Waals surface area contributed by atoms with Gasteiger partial charge in [-0.25, -0.2) is 0 Å². The van der Waals surface area contributed by atoms with E-state index in [4.69, 9.17) is 5.11 Å². The van der Waals surface area contributed by atoms with Crippen molar-refractivity contribution in [3.63, 3.8) is 0 Å². The van der Waals surface area contributed by atoms with E-state index in [-0.39, 0.29) is 23.7 Å². The van der Waals surface area contributed by atoms with Crippen LogP contribution in [0.2, 0.25) is 0 Å². The number of hydrogen-bond acceptors (Lipinski definition) is 7. The second kappa shape index (κ2) is 6.72. The molecule has 0 aliphatic rings. The average molecular weight is 322 g/mol. The van der Waals surface area contributed by atoms with E-state index in [1.54, 1.807) is 0 Å². The lowest BCUT2D eigenvalue weighted by molar-refractivity contribution is -0.384. The van der Waals surface area contributed by atoms with E-state index in [9.17, 15) is 19.7 Å². The molecule has 10 heteroatoms. The monoisotopic (exact) mass is 322 g/mol. The smallest absolute Gasteiger partial charge is 0.303 e. The van der Waals surface area contributed by atoms with Gasteiger partial charge in [-0.3, -0.25) is 19.7 Å². The van der Waals surface area contributed by atoms with E-state index < -0.39 is 16.8 Å². The quantitative estimate of drug-likeness (QED) is 0.612. The number of amides is 1. The summed E-state index contributed by atoms with van der Waals surface area (Å²) in [6.07, 6.45) is -0.415. The highest BCUT2D eigenvalue weighted by atomic mass is 32.1. The van der Waals surface area contributed by atoms with Gasteiger partial charge in [-0.05, 0) is 12.1 Å². The molecule has 2 rings (SSSR count). The van der Waals surface area contributed by atoms with Gasteiger partial charge in [-0.15, -0.1) is 10.2 Å². The maximum atomic E-state index is 11.5. The summed E-state index contributed by atoms with van der Waals surface area (Å²) in [7, 11) is 0. The Bertz CT molecular complexity index is 713. The lowest BCUT2D eigenvalue weighted by Crippen LogP contribution is -2.12. The molecular weight excluding hydrogens is 312 g/mol. The van der Waals surface area contributed by atoms with E-state index in [2.05, 4.69) is 15.5 Å². The zero-order valence-corrected chi connectivity index (χ0v) is 11.9. The Balaban J connectivity index is 2.03. The second-order valence-electron chi connectivity index (χ2n) is 4.16. The molecule has 0 saturated heterocycles. The lowest BCUT2D eigenvalue weighted by Gasteiger charge is -1.98. The van der Waals surface area contributed by atoms with Gasteiger partial charge < -0.3 is 10.4 Å². The number of aliphatic carboxylic acids is 1. The molecule has 2 aromatic rings. The molecule has 0 unspecified atom stereocenters. The van der Waals surface area contributed by atoms with Crippen LogP contribution < -0.4 is 5.32 Å². The maximum Gasteiger partial charge on any atom is 0.303 e. The number of nitrogens with one attached hydrogen (secondary N) is 1. The van der Waals surface area contributed by atoms with E-state index in [1.807, 2.05) is 0 Å². The summed E-state index contributed by atoms with van der Waals surface area (Å²) in [5, 5.41) is 29.9. The summed E-state index contributed by atoms with van der Waals surface area (Å²) in [6.45, 7) is 0. The number of carbonyl (C=O) groups excluding carboxylic acids is 1. The summed E-state index contributed by atoms with van der Waals surface area (Å²) in [4.78, 5) is 31.9. The first-order chi connectivity index (χ1) is 10.5. The van der Waals surface area contributed by atoms with Gasteiger partial charge in [0.2, 0.25) is 11.0 Å². The zero-order chi connectivity index (χ0) is 16.1. The van der Waals surface area contributed by atoms with Crippen LogP contribution in [0.1, 0.15) is 12.8 Å². The molecule has 0 spiro atoms. The molecule has 22 heavy (non-hydrogen) atoms. The summed E-state index contributed by atoms with van der Waals surface area (Å²) in [6, 6.07) is 5.77. The van der Waals surface area contributed by atoms with Gasteiger partial charge in [-0.1, -0.05) is 11.3 Å². The standard InChI is InChI=1S/C12H10N4O5S/c17-9(5-6-10(18)19)13-12-15-14-11(22-12)7-1-3-8(4-2-7)16(20)21/h1-4H,5-6H2,(H,18,19)(H,13,15,17). The van der Waals surface area contributed by atoms with E-state index in [0.717, 1.165) is 11.3 Å². The molecule has 0 saturated carbocycles. The maximum absolute atomic E-state index is 11.5. The Labute approximate surface area is 127 Å². The number of carboxylic acid groups (broad SMARTS) is 1. The highest BCUT2D eigenvalue weighted by molar-refractivity contribution is 7.18. The van der Waals surface area contributed by atoms with Crippen molar-refractivity contribution in [2.75, 3.05) is 5.32 Å². The molecule has 1 aromatic heterocycles. The fourth-order valence-electron chi connectivity index (χ4n) is 1.52. The van der Waals surface area contributed by atoms with Crippen LogP contribution in [0.5, 0.6) is 0 Å². The van der Waals surface area contributed by atoms with E-state index >= 15 is 0 Å². The van der Waals surface area contributed by atoms with Crippen molar-refractivity contribution >= 4 is 34.0 Å². The van der Waals surface area contributed by atoms with Crippen molar-refractivity contribution in [3.05, 3.63) is 34.4 Å². The number of nitro groups is 1. The predicted octanol–water partition coefficient (Wildman–Crippen LogP) is 1.92. The van der Waals surface area contributed by atoms with E-state index in [1.165, 1.54) is 24.3 Å². The first-order valence-electron chi connectivity index (χ1n) is 6.05. The number of hydrogen-bond donors (Lipinski definition) is 2. The minimum atomic E-state index is -1.06. The Hall–Kier alpha value is -2.88. The minimum absolute atomic E-state index is 0.0320. The van der Waals surface area contributed by atoms with Crippen LogP contribution in [0.25, 0.3) is 10.6 Å². The molecule has 0 aliphatic carbocycles. The van der Waals surface area contributed by atoms with Crippen molar-refractivity contribution in [1.29, 1.82) is 0 Å². The Morgan fingerprint density at radius 1 is 1.23 bits per heavy atom. The number of nitro benzene ring substituents is 1. The zero-order valence-electron chi connectivity index (χ0n) is 11.1. The number of aromatic nitrogens is 2. The van der Waals surface area contributed by atoms with Crippen LogP contribution in [0.4, 0.5) is 10.8 Å². The van der Waals surface area contributed by atoms with Crippen LogP contribution in [-0.2, 0) is 9.59 Å². The second-order valence-corrected chi connectivity index (χ2v) is 5.14. The topological polar surface area (TPSA) is 135 Å². The number of non-ortho nitro benzene ring substituents is 1. The molecule has 114 valence electrons. The van der Waals surface area contributed by atoms with Crippen molar-refractivity contribution < 1.29 is 19.6 Å². The summed E-state index contributed by atoms with van der Waals surface area (Å²) < 4.78 is 0. The predicted molar refractivity (Wildman–Crippen MR) is 77.5 cm³/mol. The van der Waals surface area contributed by atoms with Gasteiger partial charge in [0.25, 0.3) is 5.69 Å². The fourth-order valence-corrected chi connectivity index (χ4v) is 2.28. The van der Waals surface area contributed by atoms with Gasteiger partial charge in [0.05, 0.1) is 11.3 Å². The van der Waals surface area contributed by atoms with Crippen molar-refractivity contribution in [1.82, 2.24) is 10.2 Å². The highest BCUT2D eigenvalue weighted by Crippen LogP contribution is 2.27. The SMILES string of the molecule is O=C(O)CCC(=O)Nc1nnc(-c2ccc([N+](=O)[O-])cc2)s1. The molecule has 2 N–H and O–H groups in total. The Kier molecular flexibility index (Phi) is 4.73. The number of carboxylic acids is 1. The molecule has 0 atom stereocenters. The number of anilines is 1. The third-order valence-corrected chi connectivity index (χ3v) is 3.45. The first kappa shape index (κ1) is 15.5. The van der Waals surface area contributed by atoms with Crippen LogP contribution in [0, 0.1) is 10.1 Å². The first-order valence-corrected chi connectivity index (χ1v) is 6.87. The highest BCUT2D eigenvalue weighted by Gasteiger charge is 2.12. The van der Waals surface area contributed by atoms with Gasteiger partial charge in [-0.2, -0.15) is 0 Å². The van der Waals surface area contributed by atoms with E-state index in [0.29, 0.717) is 10.6 Å². The Morgan fingerprint density at radius 3 is 2.50 bits per heavy atom. The number of rotatable bonds is 6. The fraction of sp³-hybridized carbons (Fsp3) is 0.167. The largest absolute Gasteiger partial charge is 0.481 e. The third-order valence-electron chi connectivity index (χ3n) is 2.56. The molecule has 0 fully saturated rings. The molecule has 1 heterocycles. The molecule has 0 radical (unpaired) electrons. The van der Waals surface area contributed by atoms with Crippen molar-refractivity contribution in [2.45, 2.75) is 12.8 Å². The molecule has 0 aliphatic heterocycles. The number of nitrogens with zero attached hydrogens (tertiary/aromatic N) is 3.